The van der Waals surface area contributed by atoms with Crippen LogP contribution in [0.4, 0.5) is 17.6 Å². The second kappa shape index (κ2) is 2.65. The van der Waals surface area contributed by atoms with E-state index in [2.05, 4.69) is 0 Å². The number of rotatable bonds is 3. The zero-order valence-electron chi connectivity index (χ0n) is 5.02. The molecular weight excluding hydrogens is 172 g/mol. The number of aliphatic carboxylic acids is 1. The van der Waals surface area contributed by atoms with Gasteiger partial charge in [0.2, 0.25) is 0 Å². The molecule has 0 saturated heterocycles. The highest BCUT2D eigenvalue weighted by Crippen LogP contribution is 2.33. The van der Waals surface area contributed by atoms with Crippen molar-refractivity contribution < 1.29 is 32.6 Å². The van der Waals surface area contributed by atoms with Gasteiger partial charge in [-0.25, -0.2) is 4.79 Å². The van der Waals surface area contributed by atoms with Gasteiger partial charge in [-0.15, -0.1) is 0 Å². The SMILES string of the molecule is O=C(O)C(F)(F)C(F)(F)CO. The Bertz CT molecular complexity index is 167. The Labute approximate surface area is 58.2 Å². The fourth-order valence-electron chi connectivity index (χ4n) is 0.256. The summed E-state index contributed by atoms with van der Waals surface area (Å²) in [6.07, 6.45) is 0. The van der Waals surface area contributed by atoms with Gasteiger partial charge >= 0.3 is 17.8 Å². The van der Waals surface area contributed by atoms with Crippen LogP contribution in [0.3, 0.4) is 0 Å². The third-order valence-corrected chi connectivity index (χ3v) is 0.927. The third kappa shape index (κ3) is 1.59. The Kier molecular flexibility index (Phi) is 2.44. The largest absolute Gasteiger partial charge is 0.477 e. The maximum atomic E-state index is 11.8. The number of aliphatic hydroxyl groups is 1. The minimum Gasteiger partial charge on any atom is -0.477 e. The molecule has 0 aliphatic carbocycles. The predicted molar refractivity (Wildman–Crippen MR) is 24.6 cm³/mol. The Balaban J connectivity index is 4.67. The standard InChI is InChI=1S/C4H4F4O3/c5-3(6,1-9)4(7,8)2(10)11/h9H,1H2,(H,10,11). The molecule has 0 saturated carbocycles. The summed E-state index contributed by atoms with van der Waals surface area (Å²) >= 11 is 0. The van der Waals surface area contributed by atoms with Crippen LogP contribution in [0.1, 0.15) is 0 Å². The number of aliphatic hydroxyl groups excluding tert-OH is 1. The summed E-state index contributed by atoms with van der Waals surface area (Å²) in [7, 11) is 0. The van der Waals surface area contributed by atoms with E-state index in [0.29, 0.717) is 0 Å². The van der Waals surface area contributed by atoms with Crippen molar-refractivity contribution in [2.45, 2.75) is 11.8 Å². The van der Waals surface area contributed by atoms with Crippen molar-refractivity contribution in [3.8, 4) is 0 Å². The highest BCUT2D eigenvalue weighted by Gasteiger charge is 2.62. The molecule has 0 aliphatic rings. The molecule has 3 nitrogen and oxygen atoms in total. The molecule has 0 amide bonds. The van der Waals surface area contributed by atoms with E-state index in [1.807, 2.05) is 0 Å². The molecule has 2 N–H and O–H groups in total. The van der Waals surface area contributed by atoms with Crippen molar-refractivity contribution in [2.75, 3.05) is 6.61 Å². The van der Waals surface area contributed by atoms with E-state index in [9.17, 15) is 22.4 Å². The molecule has 0 radical (unpaired) electrons. The molecule has 11 heavy (non-hydrogen) atoms. The van der Waals surface area contributed by atoms with Crippen LogP contribution in [0, 0.1) is 0 Å². The Morgan fingerprint density at radius 1 is 1.27 bits per heavy atom. The summed E-state index contributed by atoms with van der Waals surface area (Å²) in [5, 5.41) is 15.3. The van der Waals surface area contributed by atoms with Crippen LogP contribution in [0.25, 0.3) is 0 Å². The lowest BCUT2D eigenvalue weighted by Crippen LogP contribution is -2.49. The van der Waals surface area contributed by atoms with E-state index in [4.69, 9.17) is 10.2 Å². The molecule has 0 aliphatic heterocycles. The summed E-state index contributed by atoms with van der Waals surface area (Å²) < 4.78 is 47.2. The lowest BCUT2D eigenvalue weighted by Gasteiger charge is -2.19. The van der Waals surface area contributed by atoms with Crippen LogP contribution in [0.15, 0.2) is 0 Å². The number of carboxylic acid groups (broad SMARTS) is 1. The van der Waals surface area contributed by atoms with Gasteiger partial charge in [0.05, 0.1) is 0 Å². The number of hydrogen-bond acceptors (Lipinski definition) is 2. The molecule has 0 rings (SSSR count). The van der Waals surface area contributed by atoms with Crippen molar-refractivity contribution in [2.24, 2.45) is 0 Å². The lowest BCUT2D eigenvalue weighted by atomic mass is 10.2. The molecule has 0 spiro atoms. The second-order valence-corrected chi connectivity index (χ2v) is 1.74. The van der Waals surface area contributed by atoms with Crippen molar-refractivity contribution in [3.63, 3.8) is 0 Å². The average Bonchev–Trinajstić information content (AvgIpc) is 1.87. The normalized spacial score (nSPS) is 13.2. The molecule has 7 heteroatoms. The predicted octanol–water partition coefficient (Wildman–Crippen LogP) is 0.334. The van der Waals surface area contributed by atoms with Gasteiger partial charge in [0.1, 0.15) is 6.61 Å². The van der Waals surface area contributed by atoms with Gasteiger partial charge in [0.25, 0.3) is 0 Å². The Morgan fingerprint density at radius 3 is 1.73 bits per heavy atom. The smallest absolute Gasteiger partial charge is 0.406 e. The van der Waals surface area contributed by atoms with Crippen LogP contribution in [-0.2, 0) is 4.79 Å². The van der Waals surface area contributed by atoms with Crippen LogP contribution in [0.5, 0.6) is 0 Å². The Morgan fingerprint density at radius 2 is 1.64 bits per heavy atom. The lowest BCUT2D eigenvalue weighted by molar-refractivity contribution is -0.234. The van der Waals surface area contributed by atoms with Crippen LogP contribution in [-0.4, -0.2) is 34.6 Å². The van der Waals surface area contributed by atoms with Gasteiger partial charge in [-0.2, -0.15) is 17.6 Å². The maximum absolute atomic E-state index is 11.8. The molecule has 0 heterocycles. The number of carbonyl (C=O) groups is 1. The Hall–Kier alpha value is -0.850. The van der Waals surface area contributed by atoms with Crippen molar-refractivity contribution >= 4 is 5.97 Å². The van der Waals surface area contributed by atoms with E-state index in [0.717, 1.165) is 0 Å². The molecule has 66 valence electrons. The van der Waals surface area contributed by atoms with Crippen molar-refractivity contribution in [3.05, 3.63) is 0 Å². The van der Waals surface area contributed by atoms with Gasteiger partial charge < -0.3 is 10.2 Å². The molecule has 0 bridgehead atoms. The minimum absolute atomic E-state index is 2.20. The molecule has 0 aromatic rings. The van der Waals surface area contributed by atoms with Crippen LogP contribution >= 0.6 is 0 Å². The van der Waals surface area contributed by atoms with Crippen molar-refractivity contribution in [1.29, 1.82) is 0 Å². The molecule has 0 aromatic carbocycles. The number of hydrogen-bond donors (Lipinski definition) is 2. The summed E-state index contributed by atoms with van der Waals surface area (Å²) in [6.45, 7) is -2.20. The fourth-order valence-corrected chi connectivity index (χ4v) is 0.256. The average molecular weight is 176 g/mol. The second-order valence-electron chi connectivity index (χ2n) is 1.74. The first kappa shape index (κ1) is 10.2. The topological polar surface area (TPSA) is 57.5 Å². The van der Waals surface area contributed by atoms with Gasteiger partial charge in [-0.1, -0.05) is 0 Å². The molecular formula is C4H4F4O3. The number of halogens is 4. The van der Waals surface area contributed by atoms with E-state index >= 15 is 0 Å². The highest BCUT2D eigenvalue weighted by molar-refractivity contribution is 5.76. The van der Waals surface area contributed by atoms with E-state index in [-0.39, 0.29) is 0 Å². The monoisotopic (exact) mass is 176 g/mol. The van der Waals surface area contributed by atoms with Crippen LogP contribution in [0.2, 0.25) is 0 Å². The summed E-state index contributed by atoms with van der Waals surface area (Å²) in [6, 6.07) is 0. The first-order chi connectivity index (χ1) is 4.75. The van der Waals surface area contributed by atoms with Gasteiger partial charge in [-0.05, 0) is 0 Å². The molecule has 0 aromatic heterocycles. The number of alkyl halides is 4. The minimum atomic E-state index is -5.22. The van der Waals surface area contributed by atoms with E-state index in [1.54, 1.807) is 0 Å². The molecule has 0 unspecified atom stereocenters. The van der Waals surface area contributed by atoms with E-state index in [1.165, 1.54) is 0 Å². The van der Waals surface area contributed by atoms with Gasteiger partial charge in [0, 0.05) is 0 Å². The summed E-state index contributed by atoms with van der Waals surface area (Å²) in [4.78, 5) is 9.49. The van der Waals surface area contributed by atoms with Gasteiger partial charge in [-0.3, -0.25) is 0 Å². The zero-order chi connectivity index (χ0) is 9.28. The van der Waals surface area contributed by atoms with E-state index < -0.39 is 24.4 Å². The quantitative estimate of drug-likeness (QED) is 0.609. The van der Waals surface area contributed by atoms with Crippen LogP contribution < -0.4 is 0 Å². The summed E-state index contributed by atoms with van der Waals surface area (Å²) in [5.41, 5.74) is 0. The van der Waals surface area contributed by atoms with Crippen molar-refractivity contribution in [1.82, 2.24) is 0 Å². The summed E-state index contributed by atoms with van der Waals surface area (Å²) in [5.74, 6) is -13.1. The third-order valence-electron chi connectivity index (χ3n) is 0.927. The highest BCUT2D eigenvalue weighted by atomic mass is 19.3. The maximum Gasteiger partial charge on any atom is 0.406 e. The first-order valence-electron chi connectivity index (χ1n) is 2.35. The number of carboxylic acids is 1. The zero-order valence-corrected chi connectivity index (χ0v) is 5.02. The molecule has 0 atom stereocenters. The molecule has 0 fully saturated rings. The fraction of sp³-hybridized carbons (Fsp3) is 0.750. The van der Waals surface area contributed by atoms with Gasteiger partial charge in [0.15, 0.2) is 0 Å². The first-order valence-corrected chi connectivity index (χ1v) is 2.35.